The molecule has 0 bridgehead atoms. The number of thioether (sulfide) groups is 1. The Morgan fingerprint density at radius 2 is 1.47 bits per heavy atom. The fraction of sp³-hybridized carbons (Fsp3) is 0.207. The second kappa shape index (κ2) is 12.1. The molecule has 2 amide bonds. The van der Waals surface area contributed by atoms with Gasteiger partial charge in [-0.2, -0.15) is 21.6 Å². The quantitative estimate of drug-likeness (QED) is 0.163. The zero-order chi connectivity index (χ0) is 30.8. The number of amides is 2. The van der Waals surface area contributed by atoms with Crippen molar-refractivity contribution in [2.75, 3.05) is 5.75 Å². The predicted molar refractivity (Wildman–Crippen MR) is 149 cm³/mol. The van der Waals surface area contributed by atoms with Gasteiger partial charge < -0.3 is 14.2 Å². The van der Waals surface area contributed by atoms with Gasteiger partial charge in [-0.15, -0.1) is 11.8 Å². The van der Waals surface area contributed by atoms with Crippen molar-refractivity contribution in [3.63, 3.8) is 0 Å². The molecule has 224 valence electrons. The minimum Gasteiger partial charge on any atom is -0.448 e. The van der Waals surface area contributed by atoms with Gasteiger partial charge in [0.05, 0.1) is 12.2 Å². The number of fused-ring (bicyclic) bond motifs is 1. The van der Waals surface area contributed by atoms with E-state index in [-0.39, 0.29) is 6.42 Å². The number of nitrogens with one attached hydrogen (secondary N) is 1. The molecule has 3 aromatic rings. The topological polar surface area (TPSA) is 119 Å². The molecular formula is C29H23F3N2O7S2. The lowest BCUT2D eigenvalue weighted by Crippen LogP contribution is -2.70. The number of hydrogen-bond donors (Lipinski definition) is 1. The van der Waals surface area contributed by atoms with Crippen LogP contribution in [0, 0.1) is 0 Å². The summed E-state index contributed by atoms with van der Waals surface area (Å²) in [6.07, 6.45) is -1.10. The highest BCUT2D eigenvalue weighted by Gasteiger charge is 2.57. The molecule has 1 unspecified atom stereocenters. The molecule has 2 heterocycles. The molecule has 2 atom stereocenters. The Hall–Kier alpha value is -4.30. The van der Waals surface area contributed by atoms with Crippen LogP contribution in [0.2, 0.25) is 0 Å². The van der Waals surface area contributed by atoms with E-state index in [0.717, 1.165) is 16.7 Å². The van der Waals surface area contributed by atoms with E-state index in [1.807, 2.05) is 0 Å². The fourth-order valence-corrected chi connectivity index (χ4v) is 6.40. The molecule has 1 N–H and O–H groups in total. The SMILES string of the molecule is O=C(Cc1ccccc1)NC1C(=O)N2C(C(=O)OC(c3ccccc3)c3ccccc3)=C(OS(=O)(=O)C(F)(F)F)CS[C@H]12. The summed E-state index contributed by atoms with van der Waals surface area (Å²) in [7, 11) is -6.18. The molecule has 0 aromatic heterocycles. The minimum absolute atomic E-state index is 0.0409. The predicted octanol–water partition coefficient (Wildman–Crippen LogP) is 4.04. The molecular weight excluding hydrogens is 609 g/mol. The molecule has 1 fully saturated rings. The van der Waals surface area contributed by atoms with E-state index in [4.69, 9.17) is 4.74 Å². The van der Waals surface area contributed by atoms with E-state index in [0.29, 0.717) is 16.7 Å². The molecule has 2 aliphatic heterocycles. The smallest absolute Gasteiger partial charge is 0.448 e. The van der Waals surface area contributed by atoms with Crippen molar-refractivity contribution in [1.82, 2.24) is 10.2 Å². The van der Waals surface area contributed by atoms with Crippen LogP contribution in [0.3, 0.4) is 0 Å². The molecule has 0 spiro atoms. The van der Waals surface area contributed by atoms with Gasteiger partial charge >= 0.3 is 21.6 Å². The summed E-state index contributed by atoms with van der Waals surface area (Å²) < 4.78 is 73.7. The summed E-state index contributed by atoms with van der Waals surface area (Å²) in [6.45, 7) is 0. The third-order valence-corrected chi connectivity index (χ3v) is 8.81. The number of carbonyl (C=O) groups excluding carboxylic acids is 3. The van der Waals surface area contributed by atoms with Crippen molar-refractivity contribution in [3.8, 4) is 0 Å². The van der Waals surface area contributed by atoms with Gasteiger partial charge in [-0.3, -0.25) is 14.5 Å². The highest BCUT2D eigenvalue weighted by atomic mass is 32.2. The molecule has 3 aromatic carbocycles. The Morgan fingerprint density at radius 1 is 0.930 bits per heavy atom. The van der Waals surface area contributed by atoms with Crippen molar-refractivity contribution in [2.45, 2.75) is 29.4 Å². The number of ether oxygens (including phenoxy) is 1. The lowest BCUT2D eigenvalue weighted by Gasteiger charge is -2.49. The third-order valence-electron chi connectivity index (χ3n) is 6.57. The molecule has 0 saturated carbocycles. The van der Waals surface area contributed by atoms with E-state index in [9.17, 15) is 36.0 Å². The second-order valence-corrected chi connectivity index (χ2v) is 12.1. The Bertz CT molecular complexity index is 1610. The van der Waals surface area contributed by atoms with Gasteiger partial charge in [-0.1, -0.05) is 91.0 Å². The summed E-state index contributed by atoms with van der Waals surface area (Å²) in [5.41, 5.74) is -4.87. The maximum absolute atomic E-state index is 13.7. The average molecular weight is 633 g/mol. The van der Waals surface area contributed by atoms with Crippen LogP contribution in [0.25, 0.3) is 0 Å². The maximum atomic E-state index is 13.7. The van der Waals surface area contributed by atoms with Crippen molar-refractivity contribution in [2.24, 2.45) is 0 Å². The van der Waals surface area contributed by atoms with Crippen LogP contribution in [0.15, 0.2) is 102 Å². The minimum atomic E-state index is -6.18. The van der Waals surface area contributed by atoms with Crippen molar-refractivity contribution in [1.29, 1.82) is 0 Å². The van der Waals surface area contributed by atoms with Gasteiger partial charge in [0.2, 0.25) is 5.91 Å². The molecule has 9 nitrogen and oxygen atoms in total. The van der Waals surface area contributed by atoms with E-state index < -0.39 is 68.1 Å². The highest BCUT2D eigenvalue weighted by Crippen LogP contribution is 2.43. The van der Waals surface area contributed by atoms with Crippen LogP contribution in [0.5, 0.6) is 0 Å². The summed E-state index contributed by atoms with van der Waals surface area (Å²) in [5.74, 6) is -4.05. The van der Waals surface area contributed by atoms with Crippen LogP contribution >= 0.6 is 11.8 Å². The number of halogens is 3. The normalized spacial score (nSPS) is 18.5. The van der Waals surface area contributed by atoms with Crippen LogP contribution in [-0.2, 0) is 39.8 Å². The first-order chi connectivity index (χ1) is 20.5. The fourth-order valence-electron chi connectivity index (χ4n) is 4.58. The summed E-state index contributed by atoms with van der Waals surface area (Å²) in [4.78, 5) is 40.4. The van der Waals surface area contributed by atoms with Gasteiger partial charge in [-0.05, 0) is 16.7 Å². The summed E-state index contributed by atoms with van der Waals surface area (Å²) in [5, 5.41) is 1.66. The Balaban J connectivity index is 1.46. The lowest BCUT2D eigenvalue weighted by atomic mass is 10.0. The van der Waals surface area contributed by atoms with Crippen molar-refractivity contribution < 1.29 is 44.9 Å². The van der Waals surface area contributed by atoms with Gasteiger partial charge in [-0.25, -0.2) is 4.79 Å². The largest absolute Gasteiger partial charge is 0.534 e. The van der Waals surface area contributed by atoms with Crippen molar-refractivity contribution >= 4 is 39.7 Å². The molecule has 0 radical (unpaired) electrons. The monoisotopic (exact) mass is 632 g/mol. The van der Waals surface area contributed by atoms with Crippen LogP contribution in [-0.4, -0.2) is 53.8 Å². The second-order valence-electron chi connectivity index (χ2n) is 9.48. The molecule has 14 heteroatoms. The first-order valence-electron chi connectivity index (χ1n) is 12.8. The van der Waals surface area contributed by atoms with E-state index >= 15 is 0 Å². The van der Waals surface area contributed by atoms with Gasteiger partial charge in [0, 0.05) is 0 Å². The number of nitrogens with zero attached hydrogens (tertiary/aromatic N) is 1. The summed E-state index contributed by atoms with van der Waals surface area (Å²) in [6, 6.07) is 24.5. The van der Waals surface area contributed by atoms with Gasteiger partial charge in [0.25, 0.3) is 5.91 Å². The molecule has 1 saturated heterocycles. The van der Waals surface area contributed by atoms with Gasteiger partial charge in [0.15, 0.2) is 17.6 Å². The average Bonchev–Trinajstić information content (AvgIpc) is 2.99. The first-order valence-corrected chi connectivity index (χ1v) is 15.2. The lowest BCUT2D eigenvalue weighted by molar-refractivity contribution is -0.155. The standard InChI is InChI=1S/C29H23F3N2O7S2/c30-29(31,32)43(38,39)41-21-17-42-27-23(33-22(35)16-18-10-4-1-5-11-18)26(36)34(27)24(21)28(37)40-25(19-12-6-2-7-13-19)20-14-8-3-9-15-20/h1-15,23,25,27H,16-17H2,(H,33,35)/t23?,27-/m1/s1. The first kappa shape index (κ1) is 30.2. The van der Waals surface area contributed by atoms with Crippen LogP contribution in [0.4, 0.5) is 13.2 Å². The number of carbonyl (C=O) groups is 3. The number of alkyl halides is 3. The third kappa shape index (κ3) is 6.39. The zero-order valence-corrected chi connectivity index (χ0v) is 23.7. The zero-order valence-electron chi connectivity index (χ0n) is 22.1. The molecule has 0 aliphatic carbocycles. The Morgan fingerprint density at radius 3 is 2.00 bits per heavy atom. The highest BCUT2D eigenvalue weighted by molar-refractivity contribution is 8.00. The number of benzene rings is 3. The number of hydrogen-bond acceptors (Lipinski definition) is 8. The number of esters is 1. The number of β-lactam (4-membered cyclic amide) rings is 1. The Kier molecular flexibility index (Phi) is 8.51. The molecule has 2 aliphatic rings. The maximum Gasteiger partial charge on any atom is 0.534 e. The summed E-state index contributed by atoms with van der Waals surface area (Å²) >= 11 is 0.833. The molecule has 43 heavy (non-hydrogen) atoms. The van der Waals surface area contributed by atoms with Crippen LogP contribution in [0.1, 0.15) is 22.8 Å². The van der Waals surface area contributed by atoms with E-state index in [2.05, 4.69) is 9.50 Å². The van der Waals surface area contributed by atoms with E-state index in [1.54, 1.807) is 91.0 Å². The van der Waals surface area contributed by atoms with Gasteiger partial charge in [0.1, 0.15) is 11.4 Å². The Labute approximate surface area is 248 Å². The van der Waals surface area contributed by atoms with Crippen LogP contribution < -0.4 is 5.32 Å². The van der Waals surface area contributed by atoms with Crippen molar-refractivity contribution in [3.05, 3.63) is 119 Å². The van der Waals surface area contributed by atoms with E-state index in [1.165, 1.54) is 0 Å². The number of rotatable bonds is 9. The molecule has 5 rings (SSSR count).